The van der Waals surface area contributed by atoms with Gasteiger partial charge >= 0.3 is 0 Å². The van der Waals surface area contributed by atoms with Crippen LogP contribution < -0.4 is 0 Å². The van der Waals surface area contributed by atoms with Gasteiger partial charge in [-0.1, -0.05) is 27.7 Å². The summed E-state index contributed by atoms with van der Waals surface area (Å²) in [7, 11) is 0. The van der Waals surface area contributed by atoms with Gasteiger partial charge in [0, 0.05) is 26.2 Å². The minimum Gasteiger partial charge on any atom is -0.196 e. The van der Waals surface area contributed by atoms with Crippen molar-refractivity contribution < 1.29 is 26.2 Å². The van der Waals surface area contributed by atoms with Crippen molar-refractivity contribution >= 4 is 11.0 Å². The van der Waals surface area contributed by atoms with Crippen LogP contribution >= 0.6 is 0 Å². The number of rotatable bonds is 0. The molecule has 1 rings (SSSR count). The van der Waals surface area contributed by atoms with E-state index < -0.39 is 0 Å². The van der Waals surface area contributed by atoms with E-state index in [-0.39, 0.29) is 37.2 Å². The van der Waals surface area contributed by atoms with E-state index in [4.69, 9.17) is 0 Å². The van der Waals surface area contributed by atoms with Crippen LogP contribution in [-0.2, 0) is 26.2 Å². The maximum absolute atomic E-state index is 2.24. The zero-order valence-electron chi connectivity index (χ0n) is 8.08. The third-order valence-electron chi connectivity index (χ3n) is 2.18. The molecule has 0 aliphatic heterocycles. The molecule has 0 saturated heterocycles. The minimum atomic E-state index is 0. The van der Waals surface area contributed by atoms with Crippen LogP contribution in [0.3, 0.4) is 0 Å². The van der Waals surface area contributed by atoms with E-state index in [0.29, 0.717) is 0 Å². The smallest absolute Gasteiger partial charge is 0 e. The summed E-state index contributed by atoms with van der Waals surface area (Å²) in [6.45, 7) is 8.68. The average Bonchev–Trinajstić information content (AvgIpc) is 1.98. The molecular formula is C9H16SiZr-. The fourth-order valence-corrected chi connectivity index (χ4v) is 1.13. The first kappa shape index (κ1) is 14.0. The largest absolute Gasteiger partial charge is 0.196 e. The first-order chi connectivity index (χ1) is 4.13. The van der Waals surface area contributed by atoms with Gasteiger partial charge in [0.2, 0.25) is 0 Å². The summed E-state index contributed by atoms with van der Waals surface area (Å²) >= 11 is 0. The van der Waals surface area contributed by atoms with Crippen molar-refractivity contribution in [3.05, 3.63) is 28.3 Å². The monoisotopic (exact) mass is 242 g/mol. The van der Waals surface area contributed by atoms with E-state index in [1.54, 1.807) is 0 Å². The molecule has 0 heterocycles. The SMILES string of the molecule is Cc1[cH-]c(C)c(C)c1C.[SiH3].[Zr]. The second-order valence-electron chi connectivity index (χ2n) is 2.76. The van der Waals surface area contributed by atoms with Crippen LogP contribution in [0.2, 0.25) is 0 Å². The van der Waals surface area contributed by atoms with Gasteiger partial charge in [-0.2, -0.15) is 28.3 Å². The van der Waals surface area contributed by atoms with Crippen LogP contribution in [-0.4, -0.2) is 11.0 Å². The first-order valence-electron chi connectivity index (χ1n) is 3.33. The molecule has 1 aromatic rings. The number of aryl methyl sites for hydroxylation is 2. The summed E-state index contributed by atoms with van der Waals surface area (Å²) in [5.74, 6) is 0. The molecule has 0 unspecified atom stereocenters. The molecule has 0 atom stereocenters. The molecule has 0 aromatic heterocycles. The average molecular weight is 244 g/mol. The van der Waals surface area contributed by atoms with Gasteiger partial charge in [0.05, 0.1) is 0 Å². The van der Waals surface area contributed by atoms with Gasteiger partial charge in [-0.3, -0.25) is 0 Å². The van der Waals surface area contributed by atoms with Gasteiger partial charge in [0.15, 0.2) is 0 Å². The van der Waals surface area contributed by atoms with E-state index in [1.807, 2.05) is 0 Å². The molecule has 2 heteroatoms. The molecule has 1 radical (unpaired) electrons. The van der Waals surface area contributed by atoms with Gasteiger partial charge < -0.3 is 0 Å². The standard InChI is InChI=1S/C9H13.H3Si.Zr/c1-6-5-7(2)9(4)8(6)3;;/h5H,1-4H3;1H3;/q-1;;. The quantitative estimate of drug-likeness (QED) is 0.478. The normalized spacial score (nSPS) is 8.36. The van der Waals surface area contributed by atoms with E-state index >= 15 is 0 Å². The maximum atomic E-state index is 2.24. The van der Waals surface area contributed by atoms with Gasteiger partial charge in [0.1, 0.15) is 0 Å². The maximum Gasteiger partial charge on any atom is 0 e. The van der Waals surface area contributed by atoms with Gasteiger partial charge in [0.25, 0.3) is 0 Å². The number of hydrogen-bond acceptors (Lipinski definition) is 0. The van der Waals surface area contributed by atoms with E-state index in [2.05, 4.69) is 33.8 Å². The zero-order valence-corrected chi connectivity index (χ0v) is 12.5. The fourth-order valence-electron chi connectivity index (χ4n) is 1.13. The first-order valence-corrected chi connectivity index (χ1v) is 3.33. The predicted octanol–water partition coefficient (Wildman–Crippen LogP) is 1.45. The Hall–Kier alpha value is 0.450. The van der Waals surface area contributed by atoms with Crippen molar-refractivity contribution in [2.45, 2.75) is 27.7 Å². The van der Waals surface area contributed by atoms with Crippen LogP contribution in [0.4, 0.5) is 0 Å². The topological polar surface area (TPSA) is 0 Å². The Labute approximate surface area is 92.9 Å². The predicted molar refractivity (Wildman–Crippen MR) is 50.9 cm³/mol. The van der Waals surface area contributed by atoms with Crippen molar-refractivity contribution in [2.75, 3.05) is 0 Å². The van der Waals surface area contributed by atoms with Crippen LogP contribution in [0, 0.1) is 27.7 Å². The van der Waals surface area contributed by atoms with Crippen LogP contribution in [0.5, 0.6) is 0 Å². The third kappa shape index (κ3) is 2.76. The molecule has 0 nitrogen and oxygen atoms in total. The van der Waals surface area contributed by atoms with Crippen molar-refractivity contribution in [1.82, 2.24) is 0 Å². The summed E-state index contributed by atoms with van der Waals surface area (Å²) in [5, 5.41) is 0. The minimum absolute atomic E-state index is 0. The summed E-state index contributed by atoms with van der Waals surface area (Å²) < 4.78 is 0. The molecule has 0 aliphatic rings. The van der Waals surface area contributed by atoms with Crippen molar-refractivity contribution in [3.63, 3.8) is 0 Å². The Morgan fingerprint density at radius 1 is 0.818 bits per heavy atom. The van der Waals surface area contributed by atoms with Crippen LogP contribution in [0.15, 0.2) is 6.07 Å². The molecule has 0 fully saturated rings. The summed E-state index contributed by atoms with van der Waals surface area (Å²) in [6, 6.07) is 2.24. The Bertz CT molecular complexity index is 203. The fraction of sp³-hybridized carbons (Fsp3) is 0.444. The molecule has 0 amide bonds. The molecule has 1 aromatic carbocycles. The Kier molecular flexibility index (Phi) is 6.57. The zero-order chi connectivity index (χ0) is 7.02. The van der Waals surface area contributed by atoms with Crippen molar-refractivity contribution in [2.24, 2.45) is 0 Å². The van der Waals surface area contributed by atoms with Gasteiger partial charge in [-0.15, -0.1) is 0 Å². The van der Waals surface area contributed by atoms with E-state index in [0.717, 1.165) is 0 Å². The summed E-state index contributed by atoms with van der Waals surface area (Å²) in [5.41, 5.74) is 5.75. The second kappa shape index (κ2) is 5.16. The Morgan fingerprint density at radius 3 is 1.18 bits per heavy atom. The molecule has 0 bridgehead atoms. The van der Waals surface area contributed by atoms with Gasteiger partial charge in [-0.25, -0.2) is 0 Å². The van der Waals surface area contributed by atoms with Crippen molar-refractivity contribution in [3.8, 4) is 0 Å². The Morgan fingerprint density at radius 2 is 1.09 bits per heavy atom. The molecular weight excluding hydrogens is 227 g/mol. The van der Waals surface area contributed by atoms with Crippen LogP contribution in [0.25, 0.3) is 0 Å². The number of hydrogen-bond donors (Lipinski definition) is 0. The van der Waals surface area contributed by atoms with Crippen molar-refractivity contribution in [1.29, 1.82) is 0 Å². The van der Waals surface area contributed by atoms with Crippen LogP contribution in [0.1, 0.15) is 22.3 Å². The molecule has 0 spiro atoms. The molecule has 61 valence electrons. The second-order valence-corrected chi connectivity index (χ2v) is 2.76. The Balaban J connectivity index is 0. The van der Waals surface area contributed by atoms with E-state index in [9.17, 15) is 0 Å². The van der Waals surface area contributed by atoms with Gasteiger partial charge in [-0.05, 0) is 11.0 Å². The summed E-state index contributed by atoms with van der Waals surface area (Å²) in [4.78, 5) is 0. The summed E-state index contributed by atoms with van der Waals surface area (Å²) in [6.07, 6.45) is 0. The molecule has 0 N–H and O–H groups in total. The molecule has 0 saturated carbocycles. The van der Waals surface area contributed by atoms with E-state index in [1.165, 1.54) is 22.3 Å². The molecule has 0 aliphatic carbocycles. The third-order valence-corrected chi connectivity index (χ3v) is 2.18. The molecule has 11 heavy (non-hydrogen) atoms.